The van der Waals surface area contributed by atoms with Gasteiger partial charge in [0.2, 0.25) is 0 Å². The second-order valence-corrected chi connectivity index (χ2v) is 9.08. The summed E-state index contributed by atoms with van der Waals surface area (Å²) >= 11 is 5.93. The second-order valence-electron chi connectivity index (χ2n) is 8.65. The predicted octanol–water partition coefficient (Wildman–Crippen LogP) is 5.82. The third-order valence-electron chi connectivity index (χ3n) is 5.88. The number of nitrogens with one attached hydrogen (secondary N) is 3. The first-order valence-corrected chi connectivity index (χ1v) is 12.4. The number of nitrogens with zero attached hydrogens (tertiary/aromatic N) is 3. The number of rotatable bonds is 8. The number of benzene rings is 2. The average Bonchev–Trinajstić information content (AvgIpc) is 3.53. The van der Waals surface area contributed by atoms with Gasteiger partial charge in [-0.2, -0.15) is 5.10 Å². The smallest absolute Gasteiger partial charge is 0.324 e. The molecule has 2 aromatic carbocycles. The Morgan fingerprint density at radius 2 is 1.80 bits per heavy atom. The van der Waals surface area contributed by atoms with Gasteiger partial charge in [-0.3, -0.25) is 5.32 Å². The van der Waals surface area contributed by atoms with Crippen LogP contribution in [0.25, 0.3) is 5.69 Å². The van der Waals surface area contributed by atoms with Gasteiger partial charge in [0, 0.05) is 36.4 Å². The van der Waals surface area contributed by atoms with Gasteiger partial charge in [0.25, 0.3) is 0 Å². The second kappa shape index (κ2) is 11.8. The number of aryl methyl sites for hydroxylation is 1. The van der Waals surface area contributed by atoms with Gasteiger partial charge in [-0.05, 0) is 67.6 Å². The van der Waals surface area contributed by atoms with Crippen LogP contribution in [0, 0.1) is 0 Å². The van der Waals surface area contributed by atoms with E-state index >= 15 is 0 Å². The van der Waals surface area contributed by atoms with Crippen LogP contribution in [0.3, 0.4) is 0 Å². The molecule has 0 bridgehead atoms. The molecule has 0 radical (unpaired) electrons. The molecule has 0 saturated carbocycles. The molecule has 3 N–H and O–H groups in total. The minimum Gasteiger partial charge on any atom is -0.334 e. The molecule has 8 nitrogen and oxygen atoms in total. The number of carbonyl (C=O) groups excluding carboxylic acids is 2. The van der Waals surface area contributed by atoms with E-state index in [1.54, 1.807) is 28.9 Å². The largest absolute Gasteiger partial charge is 0.334 e. The summed E-state index contributed by atoms with van der Waals surface area (Å²) < 4.78 is 1.73. The molecule has 184 valence electrons. The van der Waals surface area contributed by atoms with Gasteiger partial charge in [0.15, 0.2) is 0 Å². The minimum absolute atomic E-state index is 0.0323. The van der Waals surface area contributed by atoms with Crippen molar-refractivity contribution in [1.82, 2.24) is 20.0 Å². The zero-order valence-electron chi connectivity index (χ0n) is 19.9. The van der Waals surface area contributed by atoms with Crippen molar-refractivity contribution in [2.24, 2.45) is 0 Å². The number of carbonyl (C=O) groups is 2. The lowest BCUT2D eigenvalue weighted by molar-refractivity contribution is 0.208. The molecule has 1 aromatic heterocycles. The third kappa shape index (κ3) is 6.76. The van der Waals surface area contributed by atoms with Crippen molar-refractivity contribution in [3.8, 4) is 5.69 Å². The molecule has 2 heterocycles. The maximum Gasteiger partial charge on any atom is 0.324 e. The fourth-order valence-electron chi connectivity index (χ4n) is 4.02. The molecule has 4 amide bonds. The Kier molecular flexibility index (Phi) is 8.26. The highest BCUT2D eigenvalue weighted by atomic mass is 35.5. The number of halogens is 1. The van der Waals surface area contributed by atoms with Crippen molar-refractivity contribution in [2.45, 2.75) is 45.6 Å². The Labute approximate surface area is 210 Å². The van der Waals surface area contributed by atoms with Gasteiger partial charge in [0.05, 0.1) is 11.4 Å². The Hall–Kier alpha value is -3.52. The summed E-state index contributed by atoms with van der Waals surface area (Å²) in [6, 6.07) is 16.2. The first-order chi connectivity index (χ1) is 17.0. The maximum atomic E-state index is 12.7. The first-order valence-electron chi connectivity index (χ1n) is 12.1. The number of likely N-dealkylation sites (tertiary alicyclic amines) is 1. The highest BCUT2D eigenvalue weighted by Gasteiger charge is 2.17. The maximum absolute atomic E-state index is 12.7. The molecular formula is C26H31ClN6O2. The predicted molar refractivity (Wildman–Crippen MR) is 139 cm³/mol. The van der Waals surface area contributed by atoms with E-state index in [9.17, 15) is 9.59 Å². The van der Waals surface area contributed by atoms with Gasteiger partial charge in [-0.25, -0.2) is 14.3 Å². The van der Waals surface area contributed by atoms with Gasteiger partial charge >= 0.3 is 12.1 Å². The highest BCUT2D eigenvalue weighted by Crippen LogP contribution is 2.21. The zero-order valence-corrected chi connectivity index (χ0v) is 20.6. The molecule has 1 saturated heterocycles. The number of amides is 4. The van der Waals surface area contributed by atoms with E-state index in [1.807, 2.05) is 35.2 Å². The van der Waals surface area contributed by atoms with Gasteiger partial charge in [0.1, 0.15) is 5.82 Å². The van der Waals surface area contributed by atoms with E-state index in [2.05, 4.69) is 22.9 Å². The monoisotopic (exact) mass is 494 g/mol. The standard InChI is InChI=1S/C26H31ClN6O2/c1-2-3-8-22-17-24(30-25(34)29-21-12-10-20(27)11-13-21)33(31-22)23-9-6-7-19(16-23)18-28-26(35)32-14-4-5-15-32/h6-7,9-13,16-17H,2-5,8,14-15,18H2,1H3,(H,28,35)(H2,29,30,34). The SMILES string of the molecule is CCCCc1cc(NC(=O)Nc2ccc(Cl)cc2)n(-c2cccc(CNC(=O)N3CCCC3)c2)n1. The van der Waals surface area contributed by atoms with Crippen LogP contribution >= 0.6 is 11.6 Å². The van der Waals surface area contributed by atoms with E-state index in [1.165, 1.54) is 0 Å². The van der Waals surface area contributed by atoms with Crippen molar-refractivity contribution in [1.29, 1.82) is 0 Å². The number of anilines is 2. The molecule has 0 spiro atoms. The number of urea groups is 2. The summed E-state index contributed by atoms with van der Waals surface area (Å²) in [6.07, 6.45) is 5.01. The van der Waals surface area contributed by atoms with Crippen LogP contribution in [0.4, 0.5) is 21.1 Å². The molecule has 0 atom stereocenters. The summed E-state index contributed by atoms with van der Waals surface area (Å²) in [5.41, 5.74) is 3.31. The summed E-state index contributed by atoms with van der Waals surface area (Å²) in [5.74, 6) is 0.570. The highest BCUT2D eigenvalue weighted by molar-refractivity contribution is 6.30. The molecule has 1 aliphatic heterocycles. The van der Waals surface area contributed by atoms with E-state index in [4.69, 9.17) is 16.7 Å². The molecule has 9 heteroatoms. The van der Waals surface area contributed by atoms with E-state index in [0.717, 1.165) is 62.1 Å². The summed E-state index contributed by atoms with van der Waals surface area (Å²) in [7, 11) is 0. The van der Waals surface area contributed by atoms with Crippen molar-refractivity contribution in [3.63, 3.8) is 0 Å². The lowest BCUT2D eigenvalue weighted by atomic mass is 10.2. The number of unbranched alkanes of at least 4 members (excludes halogenated alkanes) is 1. The van der Waals surface area contributed by atoms with Gasteiger partial charge in [-0.15, -0.1) is 0 Å². The average molecular weight is 495 g/mol. The van der Waals surface area contributed by atoms with Crippen LogP contribution in [0.2, 0.25) is 5.02 Å². The van der Waals surface area contributed by atoms with Crippen LogP contribution in [0.5, 0.6) is 0 Å². The number of hydrogen-bond donors (Lipinski definition) is 3. The van der Waals surface area contributed by atoms with Crippen LogP contribution in [0.1, 0.15) is 43.9 Å². The molecule has 1 fully saturated rings. The summed E-state index contributed by atoms with van der Waals surface area (Å²) in [4.78, 5) is 26.9. The number of aromatic nitrogens is 2. The number of hydrogen-bond acceptors (Lipinski definition) is 3. The summed E-state index contributed by atoms with van der Waals surface area (Å²) in [6.45, 7) is 4.18. The van der Waals surface area contributed by atoms with Crippen molar-refractivity contribution < 1.29 is 9.59 Å². The first kappa shape index (κ1) is 24.6. The Morgan fingerprint density at radius 1 is 1.03 bits per heavy atom. The molecule has 1 aliphatic rings. The summed E-state index contributed by atoms with van der Waals surface area (Å²) in [5, 5.41) is 14.1. The fourth-order valence-corrected chi connectivity index (χ4v) is 4.14. The zero-order chi connectivity index (χ0) is 24.6. The lowest BCUT2D eigenvalue weighted by Gasteiger charge is -2.16. The lowest BCUT2D eigenvalue weighted by Crippen LogP contribution is -2.37. The topological polar surface area (TPSA) is 91.3 Å². The van der Waals surface area contributed by atoms with Crippen LogP contribution in [-0.4, -0.2) is 39.8 Å². The fraction of sp³-hybridized carbons (Fsp3) is 0.346. The Morgan fingerprint density at radius 3 is 2.54 bits per heavy atom. The van der Waals surface area contributed by atoms with Gasteiger partial charge < -0.3 is 15.5 Å². The van der Waals surface area contributed by atoms with Crippen LogP contribution in [0.15, 0.2) is 54.6 Å². The normalized spacial score (nSPS) is 13.0. The van der Waals surface area contributed by atoms with Gasteiger partial charge in [-0.1, -0.05) is 37.1 Å². The van der Waals surface area contributed by atoms with Crippen molar-refractivity contribution in [3.05, 3.63) is 70.9 Å². The molecular weight excluding hydrogens is 464 g/mol. The van der Waals surface area contributed by atoms with E-state index < -0.39 is 0 Å². The molecule has 0 unspecified atom stereocenters. The van der Waals surface area contributed by atoms with Crippen molar-refractivity contribution in [2.75, 3.05) is 23.7 Å². The third-order valence-corrected chi connectivity index (χ3v) is 6.13. The van der Waals surface area contributed by atoms with Crippen LogP contribution < -0.4 is 16.0 Å². The molecule has 0 aliphatic carbocycles. The Bertz CT molecular complexity index is 1150. The minimum atomic E-state index is -0.371. The van der Waals surface area contributed by atoms with E-state index in [0.29, 0.717) is 23.1 Å². The van der Waals surface area contributed by atoms with E-state index in [-0.39, 0.29) is 12.1 Å². The molecule has 35 heavy (non-hydrogen) atoms. The molecule has 4 rings (SSSR count). The van der Waals surface area contributed by atoms with Crippen LogP contribution in [-0.2, 0) is 13.0 Å². The Balaban J connectivity index is 1.49. The molecule has 3 aromatic rings. The van der Waals surface area contributed by atoms with Crippen molar-refractivity contribution >= 4 is 35.2 Å². The quantitative estimate of drug-likeness (QED) is 0.368.